The van der Waals surface area contributed by atoms with Crippen molar-refractivity contribution in [1.29, 1.82) is 0 Å². The average molecular weight is 287 g/mol. The third-order valence-corrected chi connectivity index (χ3v) is 4.31. The summed E-state index contributed by atoms with van der Waals surface area (Å²) in [5.74, 6) is 0.452. The first-order chi connectivity index (χ1) is 9.61. The van der Waals surface area contributed by atoms with Crippen molar-refractivity contribution in [2.75, 3.05) is 7.11 Å². The molecule has 0 bridgehead atoms. The molecule has 3 rings (SSSR count). The summed E-state index contributed by atoms with van der Waals surface area (Å²) in [7, 11) is 1.37. The molecule has 0 saturated carbocycles. The second kappa shape index (κ2) is 4.76. The molecule has 102 valence electrons. The van der Waals surface area contributed by atoms with E-state index in [1.54, 1.807) is 0 Å². The van der Waals surface area contributed by atoms with Crippen LogP contribution in [0.3, 0.4) is 0 Å². The van der Waals surface area contributed by atoms with Gasteiger partial charge in [0.25, 0.3) is 0 Å². The summed E-state index contributed by atoms with van der Waals surface area (Å²) in [4.78, 5) is 16.7. The first-order valence-electron chi connectivity index (χ1n) is 6.16. The third kappa shape index (κ3) is 1.91. The Morgan fingerprint density at radius 1 is 1.30 bits per heavy atom. The summed E-state index contributed by atoms with van der Waals surface area (Å²) in [5.41, 5.74) is 2.46. The predicted molar refractivity (Wildman–Crippen MR) is 78.1 cm³/mol. The number of hydrogen-bond acceptors (Lipinski definition) is 5. The van der Waals surface area contributed by atoms with Crippen LogP contribution in [0.1, 0.15) is 21.1 Å². The van der Waals surface area contributed by atoms with Crippen molar-refractivity contribution < 1.29 is 13.9 Å². The van der Waals surface area contributed by atoms with Crippen LogP contribution in [0.4, 0.5) is 0 Å². The first kappa shape index (κ1) is 12.9. The molecular formula is C15H13NO3S. The number of nitrogens with zero attached hydrogens (tertiary/aromatic N) is 1. The number of thiazole rings is 1. The van der Waals surface area contributed by atoms with Gasteiger partial charge in [0, 0.05) is 5.39 Å². The van der Waals surface area contributed by atoms with Gasteiger partial charge in [0.05, 0.1) is 18.4 Å². The van der Waals surface area contributed by atoms with Gasteiger partial charge >= 0.3 is 5.97 Å². The topological polar surface area (TPSA) is 52.3 Å². The molecule has 2 heterocycles. The highest BCUT2D eigenvalue weighted by Gasteiger charge is 2.21. The number of esters is 1. The molecule has 20 heavy (non-hydrogen) atoms. The van der Waals surface area contributed by atoms with Crippen LogP contribution in [0.2, 0.25) is 0 Å². The summed E-state index contributed by atoms with van der Waals surface area (Å²) in [6.07, 6.45) is 0. The Bertz CT molecular complexity index is 801. The molecule has 0 aliphatic rings. The number of carbonyl (C=O) groups excluding carboxylic acids is 1. The van der Waals surface area contributed by atoms with Crippen LogP contribution in [0.25, 0.3) is 21.5 Å². The van der Waals surface area contributed by atoms with E-state index in [0.717, 1.165) is 27.3 Å². The van der Waals surface area contributed by atoms with E-state index in [1.165, 1.54) is 18.4 Å². The molecule has 2 aromatic heterocycles. The number of methoxy groups -OCH3 is 1. The van der Waals surface area contributed by atoms with Crippen LogP contribution >= 0.6 is 11.3 Å². The number of furan rings is 1. The molecule has 0 N–H and O–H groups in total. The largest absolute Gasteiger partial charge is 0.465 e. The van der Waals surface area contributed by atoms with E-state index in [0.29, 0.717) is 10.6 Å². The fraction of sp³-hybridized carbons (Fsp3) is 0.200. The van der Waals surface area contributed by atoms with E-state index in [9.17, 15) is 4.79 Å². The maximum Gasteiger partial charge on any atom is 0.349 e. The summed E-state index contributed by atoms with van der Waals surface area (Å²) in [6, 6.07) is 7.81. The van der Waals surface area contributed by atoms with Crippen molar-refractivity contribution in [3.63, 3.8) is 0 Å². The van der Waals surface area contributed by atoms with Crippen molar-refractivity contribution in [1.82, 2.24) is 4.98 Å². The van der Waals surface area contributed by atoms with Crippen molar-refractivity contribution in [3.8, 4) is 10.6 Å². The smallest absolute Gasteiger partial charge is 0.349 e. The monoisotopic (exact) mass is 287 g/mol. The number of carbonyl (C=O) groups is 1. The Labute approximate surface area is 120 Å². The zero-order valence-corrected chi connectivity index (χ0v) is 12.2. The molecule has 0 aliphatic heterocycles. The Hall–Kier alpha value is -2.14. The minimum Gasteiger partial charge on any atom is -0.465 e. The molecule has 0 radical (unpaired) electrons. The van der Waals surface area contributed by atoms with Gasteiger partial charge in [-0.2, -0.15) is 0 Å². The van der Waals surface area contributed by atoms with Gasteiger partial charge in [-0.25, -0.2) is 9.78 Å². The Kier molecular flexibility index (Phi) is 3.06. The Morgan fingerprint density at radius 2 is 2.05 bits per heavy atom. The second-order valence-electron chi connectivity index (χ2n) is 4.45. The lowest BCUT2D eigenvalue weighted by molar-refractivity contribution is 0.0605. The lowest BCUT2D eigenvalue weighted by atomic mass is 10.1. The van der Waals surface area contributed by atoms with Gasteiger partial charge in [-0.1, -0.05) is 18.2 Å². The summed E-state index contributed by atoms with van der Waals surface area (Å²) in [5, 5.41) is 1.79. The Morgan fingerprint density at radius 3 is 2.80 bits per heavy atom. The minimum absolute atomic E-state index is 0.350. The van der Waals surface area contributed by atoms with Crippen LogP contribution in [0, 0.1) is 13.8 Å². The highest BCUT2D eigenvalue weighted by atomic mass is 32.1. The van der Waals surface area contributed by atoms with Crippen LogP contribution in [-0.2, 0) is 4.74 Å². The number of para-hydroxylation sites is 1. The van der Waals surface area contributed by atoms with E-state index in [1.807, 2.05) is 38.1 Å². The van der Waals surface area contributed by atoms with Gasteiger partial charge in [0.1, 0.15) is 21.2 Å². The number of rotatable bonds is 2. The van der Waals surface area contributed by atoms with Crippen molar-refractivity contribution in [2.24, 2.45) is 0 Å². The van der Waals surface area contributed by atoms with Crippen LogP contribution in [-0.4, -0.2) is 18.1 Å². The highest BCUT2D eigenvalue weighted by Crippen LogP contribution is 2.37. The van der Waals surface area contributed by atoms with Gasteiger partial charge in [0.2, 0.25) is 0 Å². The quantitative estimate of drug-likeness (QED) is 0.669. The van der Waals surface area contributed by atoms with Crippen molar-refractivity contribution in [2.45, 2.75) is 13.8 Å². The van der Waals surface area contributed by atoms with Gasteiger partial charge in [-0.3, -0.25) is 0 Å². The van der Waals surface area contributed by atoms with E-state index in [2.05, 4.69) is 4.98 Å². The van der Waals surface area contributed by atoms with Crippen molar-refractivity contribution >= 4 is 28.3 Å². The molecule has 4 nitrogen and oxygen atoms in total. The molecule has 0 spiro atoms. The van der Waals surface area contributed by atoms with Crippen LogP contribution in [0.15, 0.2) is 28.7 Å². The average Bonchev–Trinajstić information content (AvgIpc) is 2.97. The molecule has 0 amide bonds. The number of hydrogen-bond donors (Lipinski definition) is 0. The number of benzene rings is 1. The highest BCUT2D eigenvalue weighted by molar-refractivity contribution is 7.17. The predicted octanol–water partition coefficient (Wildman–Crippen LogP) is 3.96. The van der Waals surface area contributed by atoms with Gasteiger partial charge in [-0.15, -0.1) is 11.3 Å². The third-order valence-electron chi connectivity index (χ3n) is 3.15. The van der Waals surface area contributed by atoms with Gasteiger partial charge in [-0.05, 0) is 19.9 Å². The standard InChI is InChI=1S/C15H13NO3S/c1-8-13(15(17)18-3)20-14(16-8)12-9(2)19-11-7-5-4-6-10(11)12/h4-7H,1-3H3. The van der Waals surface area contributed by atoms with Gasteiger partial charge < -0.3 is 9.15 Å². The molecular weight excluding hydrogens is 274 g/mol. The zero-order valence-electron chi connectivity index (χ0n) is 11.4. The van der Waals surface area contributed by atoms with Crippen LogP contribution in [0.5, 0.6) is 0 Å². The second-order valence-corrected chi connectivity index (χ2v) is 5.45. The molecule has 0 saturated heterocycles. The fourth-order valence-electron chi connectivity index (χ4n) is 2.22. The van der Waals surface area contributed by atoms with E-state index >= 15 is 0 Å². The normalized spacial score (nSPS) is 10.9. The molecule has 0 unspecified atom stereocenters. The maximum atomic E-state index is 11.7. The molecule has 1 aromatic carbocycles. The lowest BCUT2D eigenvalue weighted by Crippen LogP contribution is -1.99. The minimum atomic E-state index is -0.350. The summed E-state index contributed by atoms with van der Waals surface area (Å²) >= 11 is 1.33. The van der Waals surface area contributed by atoms with E-state index < -0.39 is 0 Å². The zero-order chi connectivity index (χ0) is 14.3. The van der Waals surface area contributed by atoms with E-state index in [-0.39, 0.29) is 5.97 Å². The first-order valence-corrected chi connectivity index (χ1v) is 6.97. The Balaban J connectivity index is 2.21. The van der Waals surface area contributed by atoms with E-state index in [4.69, 9.17) is 9.15 Å². The fourth-order valence-corrected chi connectivity index (χ4v) is 3.31. The van der Waals surface area contributed by atoms with Gasteiger partial charge in [0.15, 0.2) is 0 Å². The summed E-state index contributed by atoms with van der Waals surface area (Å²) in [6.45, 7) is 3.72. The molecule has 0 fully saturated rings. The van der Waals surface area contributed by atoms with Crippen LogP contribution < -0.4 is 0 Å². The molecule has 0 aliphatic carbocycles. The SMILES string of the molecule is COC(=O)c1sc(-c2c(C)oc3ccccc23)nc1C. The molecule has 0 atom stereocenters. The number of aryl methyl sites for hydroxylation is 2. The summed E-state index contributed by atoms with van der Waals surface area (Å²) < 4.78 is 10.5. The number of fused-ring (bicyclic) bond motifs is 1. The lowest BCUT2D eigenvalue weighted by Gasteiger charge is -1.94. The molecule has 5 heteroatoms. The molecule has 3 aromatic rings. The maximum absolute atomic E-state index is 11.7. The number of aromatic nitrogens is 1. The van der Waals surface area contributed by atoms with Crippen molar-refractivity contribution in [3.05, 3.63) is 40.6 Å². The number of ether oxygens (including phenoxy) is 1.